The highest BCUT2D eigenvalue weighted by atomic mass is 14.1. The van der Waals surface area contributed by atoms with E-state index in [1.807, 2.05) is 0 Å². The summed E-state index contributed by atoms with van der Waals surface area (Å²) >= 11 is 0. The molecule has 25 heavy (non-hydrogen) atoms. The molecule has 1 aromatic carbocycles. The first-order valence-electron chi connectivity index (χ1n) is 11.4. The number of unbranched alkanes of at least 4 members (excludes halogenated alkanes) is 7. The fourth-order valence-corrected chi connectivity index (χ4v) is 4.08. The summed E-state index contributed by atoms with van der Waals surface area (Å²) in [5.74, 6) is 1.78. The van der Waals surface area contributed by atoms with Gasteiger partial charge in [-0.25, -0.2) is 0 Å². The molecule has 0 heteroatoms. The molecule has 2 atom stereocenters. The summed E-state index contributed by atoms with van der Waals surface area (Å²) in [6, 6.07) is 11.1. The third-order valence-electron chi connectivity index (χ3n) is 5.97. The van der Waals surface area contributed by atoms with Gasteiger partial charge in [0.1, 0.15) is 0 Å². The first-order chi connectivity index (χ1) is 12.3. The smallest absolute Gasteiger partial charge is 0.0165 e. The Morgan fingerprint density at radius 3 is 1.72 bits per heavy atom. The van der Waals surface area contributed by atoms with E-state index < -0.39 is 0 Å². The summed E-state index contributed by atoms with van der Waals surface area (Å²) in [6.45, 7) is 7.02. The molecule has 0 aliphatic carbocycles. The van der Waals surface area contributed by atoms with Crippen molar-refractivity contribution in [3.63, 3.8) is 0 Å². The van der Waals surface area contributed by atoms with Gasteiger partial charge in [0, 0.05) is 0 Å². The molecule has 0 bridgehead atoms. The molecule has 0 aromatic heterocycles. The highest BCUT2D eigenvalue weighted by molar-refractivity contribution is 5.19. The molecule has 0 nitrogen and oxygen atoms in total. The predicted molar refractivity (Wildman–Crippen MR) is 114 cm³/mol. The lowest BCUT2D eigenvalue weighted by atomic mass is 9.90. The van der Waals surface area contributed by atoms with Gasteiger partial charge >= 0.3 is 0 Å². The van der Waals surface area contributed by atoms with Gasteiger partial charge in [0.05, 0.1) is 0 Å². The largest absolute Gasteiger partial charge is 0.0654 e. The van der Waals surface area contributed by atoms with E-state index in [1.165, 1.54) is 89.9 Å². The van der Waals surface area contributed by atoms with Crippen molar-refractivity contribution in [2.24, 2.45) is 5.92 Å². The molecule has 144 valence electrons. The van der Waals surface area contributed by atoms with Gasteiger partial charge in [0.15, 0.2) is 0 Å². The van der Waals surface area contributed by atoms with Gasteiger partial charge in [-0.15, -0.1) is 0 Å². The Morgan fingerprint density at radius 1 is 0.600 bits per heavy atom. The third kappa shape index (κ3) is 10.7. The zero-order valence-corrected chi connectivity index (χ0v) is 17.4. The van der Waals surface area contributed by atoms with Crippen molar-refractivity contribution >= 4 is 0 Å². The van der Waals surface area contributed by atoms with Crippen molar-refractivity contribution in [3.8, 4) is 0 Å². The van der Waals surface area contributed by atoms with Crippen molar-refractivity contribution in [1.29, 1.82) is 0 Å². The quantitative estimate of drug-likeness (QED) is 0.262. The van der Waals surface area contributed by atoms with Crippen LogP contribution in [0.3, 0.4) is 0 Å². The third-order valence-corrected chi connectivity index (χ3v) is 5.97. The molecule has 1 rings (SSSR count). The van der Waals surface area contributed by atoms with Crippen molar-refractivity contribution < 1.29 is 0 Å². The second kappa shape index (κ2) is 15.5. The number of benzene rings is 1. The molecular weight excluding hydrogens is 300 g/mol. The lowest BCUT2D eigenvalue weighted by Crippen LogP contribution is -1.98. The molecule has 0 aliphatic rings. The van der Waals surface area contributed by atoms with Crippen LogP contribution < -0.4 is 0 Å². The van der Waals surface area contributed by atoms with Crippen molar-refractivity contribution in [2.75, 3.05) is 0 Å². The number of hydrogen-bond acceptors (Lipinski definition) is 0. The van der Waals surface area contributed by atoms with E-state index in [4.69, 9.17) is 0 Å². The van der Waals surface area contributed by atoms with Crippen LogP contribution in [-0.2, 0) is 0 Å². The van der Waals surface area contributed by atoms with Gasteiger partial charge in [-0.3, -0.25) is 0 Å². The minimum atomic E-state index is 0.773. The maximum absolute atomic E-state index is 2.37. The standard InChI is InChI=1S/C25H44/c1-4-7-18-23(5-2)19-14-11-9-8-10-12-15-20-24(6-3)25-21-16-13-17-22-25/h13,16-17,21-24H,4-12,14-15,18-20H2,1-3H3. The summed E-state index contributed by atoms with van der Waals surface area (Å²) in [5.41, 5.74) is 1.54. The van der Waals surface area contributed by atoms with Crippen LogP contribution in [0.25, 0.3) is 0 Å². The summed E-state index contributed by atoms with van der Waals surface area (Å²) in [4.78, 5) is 0. The van der Waals surface area contributed by atoms with Gasteiger partial charge < -0.3 is 0 Å². The zero-order chi connectivity index (χ0) is 18.2. The fourth-order valence-electron chi connectivity index (χ4n) is 4.08. The van der Waals surface area contributed by atoms with Crippen LogP contribution >= 0.6 is 0 Å². The van der Waals surface area contributed by atoms with E-state index in [0.717, 1.165) is 11.8 Å². The normalized spacial score (nSPS) is 13.7. The monoisotopic (exact) mass is 344 g/mol. The van der Waals surface area contributed by atoms with Crippen molar-refractivity contribution in [1.82, 2.24) is 0 Å². The van der Waals surface area contributed by atoms with E-state index >= 15 is 0 Å². The average Bonchev–Trinajstić information content (AvgIpc) is 2.66. The molecule has 0 heterocycles. The van der Waals surface area contributed by atoms with Gasteiger partial charge in [0.2, 0.25) is 0 Å². The maximum Gasteiger partial charge on any atom is -0.0165 e. The number of rotatable bonds is 16. The summed E-state index contributed by atoms with van der Waals surface area (Å²) in [7, 11) is 0. The zero-order valence-electron chi connectivity index (χ0n) is 17.4. The molecule has 0 saturated heterocycles. The molecule has 0 radical (unpaired) electrons. The van der Waals surface area contributed by atoms with E-state index in [2.05, 4.69) is 51.1 Å². The van der Waals surface area contributed by atoms with Crippen molar-refractivity contribution in [3.05, 3.63) is 35.9 Å². The summed E-state index contributed by atoms with van der Waals surface area (Å²) in [5, 5.41) is 0. The second-order valence-corrected chi connectivity index (χ2v) is 7.98. The lowest BCUT2D eigenvalue weighted by molar-refractivity contribution is 0.399. The van der Waals surface area contributed by atoms with Crippen LogP contribution in [-0.4, -0.2) is 0 Å². The Labute approximate surface area is 158 Å². The highest BCUT2D eigenvalue weighted by Crippen LogP contribution is 2.26. The predicted octanol–water partition coefficient (Wildman–Crippen LogP) is 8.91. The maximum atomic E-state index is 2.37. The lowest BCUT2D eigenvalue weighted by Gasteiger charge is -2.15. The van der Waals surface area contributed by atoms with E-state index in [9.17, 15) is 0 Å². The Bertz CT molecular complexity index is 380. The van der Waals surface area contributed by atoms with Gasteiger partial charge in [0.25, 0.3) is 0 Å². The molecule has 0 aliphatic heterocycles. The summed E-state index contributed by atoms with van der Waals surface area (Å²) < 4.78 is 0. The first-order valence-corrected chi connectivity index (χ1v) is 11.4. The van der Waals surface area contributed by atoms with E-state index in [0.29, 0.717) is 0 Å². The van der Waals surface area contributed by atoms with Gasteiger partial charge in [-0.2, -0.15) is 0 Å². The molecule has 0 saturated carbocycles. The summed E-state index contributed by atoms with van der Waals surface area (Å²) in [6.07, 6.45) is 19.9. The van der Waals surface area contributed by atoms with Crippen LogP contribution in [0.2, 0.25) is 0 Å². The molecule has 1 aromatic rings. The van der Waals surface area contributed by atoms with Crippen LogP contribution in [0.15, 0.2) is 30.3 Å². The van der Waals surface area contributed by atoms with Gasteiger partial charge in [-0.1, -0.05) is 128 Å². The Morgan fingerprint density at radius 2 is 1.16 bits per heavy atom. The molecule has 0 amide bonds. The SMILES string of the molecule is CCCCC(CC)CCCCCCCCCC(CC)c1ccccc1. The highest BCUT2D eigenvalue weighted by Gasteiger charge is 2.08. The Balaban J connectivity index is 1.98. The molecule has 0 spiro atoms. The molecule has 0 fully saturated rings. The van der Waals surface area contributed by atoms with E-state index in [1.54, 1.807) is 5.56 Å². The minimum absolute atomic E-state index is 0.773. The Hall–Kier alpha value is -0.780. The van der Waals surface area contributed by atoms with Crippen molar-refractivity contribution in [2.45, 2.75) is 117 Å². The number of hydrogen-bond donors (Lipinski definition) is 0. The molecule has 0 N–H and O–H groups in total. The Kier molecular flexibility index (Phi) is 13.8. The van der Waals surface area contributed by atoms with Crippen LogP contribution in [0.4, 0.5) is 0 Å². The van der Waals surface area contributed by atoms with E-state index in [-0.39, 0.29) is 0 Å². The molecule has 2 unspecified atom stereocenters. The minimum Gasteiger partial charge on any atom is -0.0654 e. The first kappa shape index (κ1) is 22.3. The van der Waals surface area contributed by atoms with Crippen LogP contribution in [0.5, 0.6) is 0 Å². The van der Waals surface area contributed by atoms with Crippen LogP contribution in [0, 0.1) is 5.92 Å². The second-order valence-electron chi connectivity index (χ2n) is 7.98. The average molecular weight is 345 g/mol. The fraction of sp³-hybridized carbons (Fsp3) is 0.760. The molecular formula is C25H44. The van der Waals surface area contributed by atoms with Gasteiger partial charge in [-0.05, 0) is 30.2 Å². The van der Waals surface area contributed by atoms with Crippen LogP contribution in [0.1, 0.15) is 122 Å². The topological polar surface area (TPSA) is 0 Å².